The van der Waals surface area contributed by atoms with Gasteiger partial charge in [-0.05, 0) is 43.5 Å². The first-order valence-electron chi connectivity index (χ1n) is 11.5. The summed E-state index contributed by atoms with van der Waals surface area (Å²) in [5.74, 6) is -5.05. The van der Waals surface area contributed by atoms with Gasteiger partial charge in [0.15, 0.2) is 10.8 Å². The minimum Gasteiger partial charge on any atom is -0.478 e. The number of β-lactam (4-membered cyclic amide) rings is 1. The van der Waals surface area contributed by atoms with Crippen LogP contribution in [0.15, 0.2) is 46.1 Å². The Morgan fingerprint density at radius 3 is 2.40 bits per heavy atom. The fraction of sp³-hybridized carbons (Fsp3) is 0.292. The number of nitrogen functional groups attached to an aromatic ring is 1. The molecular weight excluding hydrogens is 566 g/mol. The van der Waals surface area contributed by atoms with Crippen molar-refractivity contribution in [3.05, 3.63) is 57.7 Å². The van der Waals surface area contributed by atoms with Crippen LogP contribution in [0.1, 0.15) is 35.5 Å². The lowest BCUT2D eigenvalue weighted by Gasteiger charge is -2.49. The zero-order valence-corrected chi connectivity index (χ0v) is 22.6. The van der Waals surface area contributed by atoms with Gasteiger partial charge in [0.25, 0.3) is 11.8 Å². The average molecular weight is 590 g/mol. The van der Waals surface area contributed by atoms with Gasteiger partial charge < -0.3 is 31.2 Å². The molecule has 2 aromatic rings. The average Bonchev–Trinajstić information content (AvgIpc) is 3.32. The second kappa shape index (κ2) is 11.0. The van der Waals surface area contributed by atoms with E-state index in [2.05, 4.69) is 15.5 Å². The van der Waals surface area contributed by atoms with E-state index in [-0.39, 0.29) is 34.3 Å². The molecule has 6 N–H and O–H groups in total. The van der Waals surface area contributed by atoms with E-state index in [1.165, 1.54) is 43.1 Å². The third-order valence-corrected chi connectivity index (χ3v) is 8.03. The number of benzene rings is 1. The molecule has 2 amide bonds. The molecule has 2 aliphatic heterocycles. The van der Waals surface area contributed by atoms with E-state index in [4.69, 9.17) is 15.7 Å². The molecule has 210 valence electrons. The van der Waals surface area contributed by atoms with E-state index in [1.807, 2.05) is 0 Å². The maximum Gasteiger partial charge on any atom is 0.352 e. The predicted octanol–water partition coefficient (Wildman–Crippen LogP) is 0.989. The van der Waals surface area contributed by atoms with Crippen LogP contribution in [0.3, 0.4) is 0 Å². The molecule has 0 saturated carbocycles. The van der Waals surface area contributed by atoms with Gasteiger partial charge in [-0.3, -0.25) is 14.5 Å². The topological polar surface area (TPSA) is 222 Å². The molecule has 0 bridgehead atoms. The molecule has 0 unspecified atom stereocenters. The number of hydrogen-bond acceptors (Lipinski definition) is 11. The Bertz CT molecular complexity index is 1470. The Morgan fingerprint density at radius 1 is 1.18 bits per heavy atom. The van der Waals surface area contributed by atoms with Crippen LogP contribution in [0, 0.1) is 0 Å². The molecule has 1 saturated heterocycles. The largest absolute Gasteiger partial charge is 0.478 e. The molecule has 40 heavy (non-hydrogen) atoms. The maximum absolute atomic E-state index is 13.2. The van der Waals surface area contributed by atoms with Crippen molar-refractivity contribution in [1.29, 1.82) is 0 Å². The Kier molecular flexibility index (Phi) is 7.84. The van der Waals surface area contributed by atoms with E-state index in [1.54, 1.807) is 12.1 Å². The fourth-order valence-corrected chi connectivity index (χ4v) is 5.73. The molecule has 4 rings (SSSR count). The summed E-state index contributed by atoms with van der Waals surface area (Å²) in [6, 6.07) is 4.88. The number of rotatable bonds is 10. The van der Waals surface area contributed by atoms with Crippen LogP contribution in [0.4, 0.5) is 5.13 Å². The number of amides is 2. The number of carboxylic acid groups (broad SMARTS) is 3. The van der Waals surface area contributed by atoms with Crippen molar-refractivity contribution in [3.8, 4) is 0 Å². The van der Waals surface area contributed by atoms with Crippen LogP contribution in [-0.4, -0.2) is 83.4 Å². The second-order valence-electron chi connectivity index (χ2n) is 9.21. The fourth-order valence-electron chi connectivity index (χ4n) is 3.84. The summed E-state index contributed by atoms with van der Waals surface area (Å²) in [4.78, 5) is 71.1. The molecule has 2 aliphatic rings. The summed E-state index contributed by atoms with van der Waals surface area (Å²) < 4.78 is 0. The zero-order valence-electron chi connectivity index (χ0n) is 21.0. The van der Waals surface area contributed by atoms with Crippen LogP contribution in [0.2, 0.25) is 0 Å². The van der Waals surface area contributed by atoms with Gasteiger partial charge >= 0.3 is 17.9 Å². The number of nitrogens with zero attached hydrogens (tertiary/aromatic N) is 3. The van der Waals surface area contributed by atoms with Crippen LogP contribution in [0.5, 0.6) is 0 Å². The van der Waals surface area contributed by atoms with Crippen LogP contribution >= 0.6 is 23.1 Å². The first-order valence-corrected chi connectivity index (χ1v) is 13.5. The number of nitrogens with one attached hydrogen (secondary N) is 1. The van der Waals surface area contributed by atoms with Gasteiger partial charge in [-0.25, -0.2) is 19.4 Å². The van der Waals surface area contributed by atoms with Crippen LogP contribution in [-0.2, 0) is 30.4 Å². The summed E-state index contributed by atoms with van der Waals surface area (Å²) in [5.41, 5.74) is 4.50. The number of carboxylic acids is 3. The number of anilines is 1. The lowest BCUT2D eigenvalue weighted by molar-refractivity contribution is -0.161. The van der Waals surface area contributed by atoms with Crippen molar-refractivity contribution >= 4 is 63.7 Å². The van der Waals surface area contributed by atoms with Crippen molar-refractivity contribution in [2.24, 2.45) is 5.16 Å². The van der Waals surface area contributed by atoms with Crippen LogP contribution < -0.4 is 11.1 Å². The Morgan fingerprint density at radius 2 is 1.85 bits per heavy atom. The van der Waals surface area contributed by atoms with Crippen LogP contribution in [0.25, 0.3) is 0 Å². The van der Waals surface area contributed by atoms with Gasteiger partial charge in [0.2, 0.25) is 5.60 Å². The molecule has 0 radical (unpaired) electrons. The number of hydrogen-bond donors (Lipinski definition) is 5. The van der Waals surface area contributed by atoms with Gasteiger partial charge in [0.05, 0.1) is 5.56 Å². The summed E-state index contributed by atoms with van der Waals surface area (Å²) in [5, 5.41) is 35.3. The number of aromatic carboxylic acids is 1. The van der Waals surface area contributed by atoms with Gasteiger partial charge in [0.1, 0.15) is 22.8 Å². The number of nitrogens with two attached hydrogens (primary N) is 1. The van der Waals surface area contributed by atoms with Gasteiger partial charge in [-0.15, -0.1) is 23.1 Å². The number of fused-ring (bicyclic) bond motifs is 1. The highest BCUT2D eigenvalue weighted by Gasteiger charge is 2.54. The molecule has 0 aliphatic carbocycles. The molecule has 1 fully saturated rings. The smallest absolute Gasteiger partial charge is 0.352 e. The van der Waals surface area contributed by atoms with E-state index < -0.39 is 52.5 Å². The number of carbonyl (C=O) groups is 5. The first-order chi connectivity index (χ1) is 18.8. The second-order valence-corrected chi connectivity index (χ2v) is 11.2. The summed E-state index contributed by atoms with van der Waals surface area (Å²) in [6.07, 6.45) is 0.181. The number of aliphatic carboxylic acids is 2. The monoisotopic (exact) mass is 589 g/mol. The number of aromatic nitrogens is 1. The summed E-state index contributed by atoms with van der Waals surface area (Å²) >= 11 is 2.26. The highest BCUT2D eigenvalue weighted by molar-refractivity contribution is 8.00. The number of thiazole rings is 1. The molecule has 1 aromatic carbocycles. The third-order valence-electron chi connectivity index (χ3n) is 6.01. The standard InChI is InChI=1S/C24H23N5O9S2/c1-24(2,22(36)37)38-28-14(13-9-40-23(25)26-13)17(30)27-15-18(31)29-16(21(34)35)12(8-39-19(15)29)7-10-3-5-11(6-4-10)20(32)33/h3-6,9,15,19H,7-8H2,1-2H3,(H2,25,26)(H,27,30)(H,32,33)(H,34,35)(H,36,37)/t15-,19-/m1/s1. The van der Waals surface area contributed by atoms with E-state index in [0.717, 1.165) is 16.2 Å². The minimum atomic E-state index is -1.78. The molecule has 2 atom stereocenters. The van der Waals surface area contributed by atoms with Crippen molar-refractivity contribution in [1.82, 2.24) is 15.2 Å². The molecule has 16 heteroatoms. The number of carbonyl (C=O) groups excluding carboxylic acids is 2. The maximum atomic E-state index is 13.2. The van der Waals surface area contributed by atoms with E-state index in [9.17, 15) is 34.2 Å². The lowest BCUT2D eigenvalue weighted by Crippen LogP contribution is -2.71. The van der Waals surface area contributed by atoms with E-state index >= 15 is 0 Å². The molecular formula is C24H23N5O9S2. The predicted molar refractivity (Wildman–Crippen MR) is 143 cm³/mol. The SMILES string of the molecule is CC(C)(ON=C(C(=O)N[C@@H]1C(=O)N2C(C(=O)O)=C(Cc3ccc(C(=O)O)cc3)CS[C@H]12)c1csc(N)n1)C(=O)O. The first kappa shape index (κ1) is 28.6. The molecule has 1 aromatic heterocycles. The third kappa shape index (κ3) is 5.62. The number of thioether (sulfide) groups is 1. The van der Waals surface area contributed by atoms with Crippen molar-refractivity contribution in [3.63, 3.8) is 0 Å². The zero-order chi connectivity index (χ0) is 29.4. The van der Waals surface area contributed by atoms with Gasteiger partial charge in [-0.1, -0.05) is 17.3 Å². The number of oxime groups is 1. The molecule has 0 spiro atoms. The quantitative estimate of drug-likeness (QED) is 0.149. The Labute approximate surface area is 234 Å². The molecule has 3 heterocycles. The van der Waals surface area contributed by atoms with Gasteiger partial charge in [-0.2, -0.15) is 0 Å². The summed E-state index contributed by atoms with van der Waals surface area (Å²) in [7, 11) is 0. The van der Waals surface area contributed by atoms with Gasteiger partial charge in [0, 0.05) is 11.1 Å². The van der Waals surface area contributed by atoms with Crippen molar-refractivity contribution < 1.29 is 44.1 Å². The highest BCUT2D eigenvalue weighted by atomic mass is 32.2. The minimum absolute atomic E-state index is 0.00318. The van der Waals surface area contributed by atoms with Crippen molar-refractivity contribution in [2.75, 3.05) is 11.5 Å². The Hall–Kier alpha value is -4.44. The Balaban J connectivity index is 1.54. The molecule has 14 nitrogen and oxygen atoms in total. The normalized spacial score (nSPS) is 19.0. The summed E-state index contributed by atoms with van der Waals surface area (Å²) in [6.45, 7) is 2.46. The van der Waals surface area contributed by atoms with E-state index in [0.29, 0.717) is 11.1 Å². The highest BCUT2D eigenvalue weighted by Crippen LogP contribution is 2.41. The lowest BCUT2D eigenvalue weighted by atomic mass is 9.98. The van der Waals surface area contributed by atoms with Crippen molar-refractivity contribution in [2.45, 2.75) is 37.3 Å².